The molecule has 0 radical (unpaired) electrons. The van der Waals surface area contributed by atoms with Gasteiger partial charge in [0.15, 0.2) is 0 Å². The van der Waals surface area contributed by atoms with Crippen LogP contribution in [0.5, 0.6) is 0 Å². The van der Waals surface area contributed by atoms with Crippen LogP contribution in [0.25, 0.3) is 0 Å². The van der Waals surface area contributed by atoms with Crippen molar-refractivity contribution in [3.05, 3.63) is 12.3 Å². The van der Waals surface area contributed by atoms with Gasteiger partial charge in [-0.25, -0.2) is 0 Å². The molecule has 1 aromatic rings. The molecule has 0 spiro atoms. The number of anilines is 1. The summed E-state index contributed by atoms with van der Waals surface area (Å²) in [6, 6.07) is 2.18. The number of hydrogen-bond donors (Lipinski definition) is 2. The van der Waals surface area contributed by atoms with Crippen LogP contribution in [-0.4, -0.2) is 28.3 Å². The summed E-state index contributed by atoms with van der Waals surface area (Å²) in [6.45, 7) is 4.80. The fraction of sp³-hybridized carbons (Fsp3) is 0.600. The number of carbonyl (C=O) groups excluding carboxylic acids is 1. The fourth-order valence-corrected chi connectivity index (χ4v) is 1.18. The summed E-state index contributed by atoms with van der Waals surface area (Å²) in [5.74, 6) is 0.733. The Labute approximate surface area is 89.9 Å². The first-order valence-electron chi connectivity index (χ1n) is 5.11. The van der Waals surface area contributed by atoms with Crippen LogP contribution in [-0.2, 0) is 11.8 Å². The second-order valence-electron chi connectivity index (χ2n) is 3.75. The molecule has 0 aliphatic carbocycles. The molecule has 0 atom stereocenters. The predicted molar refractivity (Wildman–Crippen MR) is 59.6 cm³/mol. The molecule has 1 heterocycles. The van der Waals surface area contributed by atoms with Crippen molar-refractivity contribution in [1.29, 1.82) is 0 Å². The van der Waals surface area contributed by atoms with Crippen molar-refractivity contribution >= 4 is 11.7 Å². The van der Waals surface area contributed by atoms with Crippen molar-refractivity contribution in [3.63, 3.8) is 0 Å². The fourth-order valence-electron chi connectivity index (χ4n) is 1.18. The van der Waals surface area contributed by atoms with Gasteiger partial charge in [0.25, 0.3) is 0 Å². The Morgan fingerprint density at radius 3 is 2.87 bits per heavy atom. The number of rotatable bonds is 5. The smallest absolute Gasteiger partial charge is 0.226 e. The molecule has 0 aromatic carbocycles. The maximum absolute atomic E-state index is 11.5. The van der Waals surface area contributed by atoms with E-state index in [0.29, 0.717) is 19.0 Å². The number of carbonyl (C=O) groups is 1. The van der Waals surface area contributed by atoms with Crippen molar-refractivity contribution in [2.75, 3.05) is 11.9 Å². The van der Waals surface area contributed by atoms with E-state index in [1.807, 2.05) is 0 Å². The Kier molecular flexibility index (Phi) is 4.30. The van der Waals surface area contributed by atoms with Gasteiger partial charge >= 0.3 is 0 Å². The molecule has 2 N–H and O–H groups in total. The number of nitrogens with one attached hydrogen (secondary N) is 2. The van der Waals surface area contributed by atoms with Crippen LogP contribution in [0.4, 0.5) is 5.82 Å². The van der Waals surface area contributed by atoms with Gasteiger partial charge in [-0.1, -0.05) is 13.8 Å². The van der Waals surface area contributed by atoms with E-state index < -0.39 is 0 Å². The first-order chi connectivity index (χ1) is 7.09. The van der Waals surface area contributed by atoms with Gasteiger partial charge < -0.3 is 10.6 Å². The van der Waals surface area contributed by atoms with Gasteiger partial charge in [-0.3, -0.25) is 9.48 Å². The van der Waals surface area contributed by atoms with Crippen LogP contribution in [0.15, 0.2) is 12.3 Å². The molecule has 84 valence electrons. The minimum absolute atomic E-state index is 0.00625. The minimum atomic E-state index is 0.00625. The van der Waals surface area contributed by atoms with E-state index in [-0.39, 0.29) is 5.91 Å². The van der Waals surface area contributed by atoms with E-state index in [1.54, 1.807) is 24.0 Å². The zero-order chi connectivity index (χ0) is 11.3. The second kappa shape index (κ2) is 5.50. The highest BCUT2D eigenvalue weighted by Crippen LogP contribution is 2.03. The first-order valence-corrected chi connectivity index (χ1v) is 5.11. The monoisotopic (exact) mass is 210 g/mol. The van der Waals surface area contributed by atoms with Crippen molar-refractivity contribution in [2.24, 2.45) is 7.05 Å². The molecule has 0 fully saturated rings. The lowest BCUT2D eigenvalue weighted by Gasteiger charge is -2.08. The maximum Gasteiger partial charge on any atom is 0.226 e. The molecule has 0 unspecified atom stereocenters. The Morgan fingerprint density at radius 1 is 1.60 bits per heavy atom. The molecule has 0 bridgehead atoms. The van der Waals surface area contributed by atoms with Crippen LogP contribution in [0, 0.1) is 0 Å². The summed E-state index contributed by atoms with van der Waals surface area (Å²) in [5.41, 5.74) is 0. The first kappa shape index (κ1) is 11.7. The molecular formula is C10H18N4O. The Bertz CT molecular complexity index is 319. The third-order valence-corrected chi connectivity index (χ3v) is 1.99. The van der Waals surface area contributed by atoms with Gasteiger partial charge in [0.2, 0.25) is 5.91 Å². The topological polar surface area (TPSA) is 59.0 Å². The van der Waals surface area contributed by atoms with Crippen molar-refractivity contribution in [2.45, 2.75) is 26.3 Å². The molecule has 1 amide bonds. The highest BCUT2D eigenvalue weighted by molar-refractivity contribution is 5.89. The number of hydrogen-bond acceptors (Lipinski definition) is 3. The van der Waals surface area contributed by atoms with E-state index in [1.165, 1.54) is 0 Å². The molecule has 0 saturated carbocycles. The Hall–Kier alpha value is -1.36. The summed E-state index contributed by atoms with van der Waals surface area (Å²) in [7, 11) is 1.79. The summed E-state index contributed by atoms with van der Waals surface area (Å²) in [6.07, 6.45) is 2.13. The second-order valence-corrected chi connectivity index (χ2v) is 3.75. The third kappa shape index (κ3) is 4.12. The molecule has 5 nitrogen and oxygen atoms in total. The van der Waals surface area contributed by atoms with Crippen molar-refractivity contribution < 1.29 is 4.79 Å². The molecule has 15 heavy (non-hydrogen) atoms. The normalized spacial score (nSPS) is 10.7. The van der Waals surface area contributed by atoms with Gasteiger partial charge in [0, 0.05) is 32.1 Å². The Morgan fingerprint density at radius 2 is 2.33 bits per heavy atom. The van der Waals surface area contributed by atoms with Crippen LogP contribution in [0.2, 0.25) is 0 Å². The molecule has 1 rings (SSSR count). The average Bonchev–Trinajstić information content (AvgIpc) is 2.51. The largest absolute Gasteiger partial charge is 0.314 e. The average molecular weight is 210 g/mol. The number of aryl methyl sites for hydroxylation is 1. The van der Waals surface area contributed by atoms with E-state index in [0.717, 1.165) is 5.82 Å². The van der Waals surface area contributed by atoms with Crippen molar-refractivity contribution in [1.82, 2.24) is 15.1 Å². The lowest BCUT2D eigenvalue weighted by molar-refractivity contribution is -0.116. The van der Waals surface area contributed by atoms with Crippen LogP contribution in [0.3, 0.4) is 0 Å². The SMILES string of the molecule is CC(C)NCCC(=O)Nc1ccnn1C. The number of nitrogens with zero attached hydrogens (tertiary/aromatic N) is 2. The zero-order valence-corrected chi connectivity index (χ0v) is 9.45. The van der Waals surface area contributed by atoms with Crippen molar-refractivity contribution in [3.8, 4) is 0 Å². The van der Waals surface area contributed by atoms with E-state index in [9.17, 15) is 4.79 Å². The van der Waals surface area contributed by atoms with E-state index in [4.69, 9.17) is 0 Å². The van der Waals surface area contributed by atoms with E-state index in [2.05, 4.69) is 29.6 Å². The molecule has 0 aliphatic rings. The summed E-state index contributed by atoms with van der Waals surface area (Å²) < 4.78 is 1.63. The zero-order valence-electron chi connectivity index (χ0n) is 9.45. The highest BCUT2D eigenvalue weighted by Gasteiger charge is 2.04. The van der Waals surface area contributed by atoms with Gasteiger partial charge in [-0.2, -0.15) is 5.10 Å². The standard InChI is InChI=1S/C10H18N4O/c1-8(2)11-6-5-10(15)13-9-4-7-12-14(9)3/h4,7-8,11H,5-6H2,1-3H3,(H,13,15). The highest BCUT2D eigenvalue weighted by atomic mass is 16.1. The third-order valence-electron chi connectivity index (χ3n) is 1.99. The maximum atomic E-state index is 11.5. The lowest BCUT2D eigenvalue weighted by Crippen LogP contribution is -2.27. The predicted octanol–water partition coefficient (Wildman–Crippen LogP) is 0.747. The Balaban J connectivity index is 2.28. The molecule has 0 aliphatic heterocycles. The summed E-state index contributed by atoms with van der Waals surface area (Å²) in [5, 5.41) is 9.94. The van der Waals surface area contributed by atoms with Gasteiger partial charge in [-0.05, 0) is 0 Å². The van der Waals surface area contributed by atoms with Gasteiger partial charge in [0.05, 0.1) is 6.20 Å². The van der Waals surface area contributed by atoms with E-state index >= 15 is 0 Å². The van der Waals surface area contributed by atoms with Crippen LogP contribution >= 0.6 is 0 Å². The minimum Gasteiger partial charge on any atom is -0.314 e. The number of aromatic nitrogens is 2. The summed E-state index contributed by atoms with van der Waals surface area (Å²) >= 11 is 0. The molecule has 5 heteroatoms. The van der Waals surface area contributed by atoms with Gasteiger partial charge in [0.1, 0.15) is 5.82 Å². The van der Waals surface area contributed by atoms with Crippen LogP contribution in [0.1, 0.15) is 20.3 Å². The summed E-state index contributed by atoms with van der Waals surface area (Å²) in [4.78, 5) is 11.5. The van der Waals surface area contributed by atoms with Crippen LogP contribution < -0.4 is 10.6 Å². The molecular weight excluding hydrogens is 192 g/mol. The van der Waals surface area contributed by atoms with Gasteiger partial charge in [-0.15, -0.1) is 0 Å². The lowest BCUT2D eigenvalue weighted by atomic mass is 10.3. The number of amides is 1. The molecule has 1 aromatic heterocycles. The quantitative estimate of drug-likeness (QED) is 0.754. The molecule has 0 saturated heterocycles.